The largest absolute Gasteiger partial charge is 0.508 e. The molecule has 1 atom stereocenters. The molecule has 0 aliphatic heterocycles. The lowest BCUT2D eigenvalue weighted by molar-refractivity contribution is 0.0888. The van der Waals surface area contributed by atoms with Crippen molar-refractivity contribution < 1.29 is 14.7 Å². The van der Waals surface area contributed by atoms with Crippen LogP contribution in [-0.4, -0.2) is 21.7 Å². The molecule has 0 radical (unpaired) electrons. The molecule has 1 aromatic heterocycles. The lowest BCUT2D eigenvalue weighted by atomic mass is 9.98. The molecule has 0 unspecified atom stereocenters. The van der Waals surface area contributed by atoms with E-state index < -0.39 is 5.92 Å². The fraction of sp³-hybridized carbons (Fsp3) is 0.0556. The van der Waals surface area contributed by atoms with Crippen LogP contribution in [0.5, 0.6) is 5.75 Å². The molecule has 4 heteroatoms. The van der Waals surface area contributed by atoms with Crippen molar-refractivity contribution in [1.29, 1.82) is 0 Å². The monoisotopic (exact) mass is 289 g/mol. The van der Waals surface area contributed by atoms with E-state index >= 15 is 0 Å². The number of carbonyl (C=O) groups is 2. The van der Waals surface area contributed by atoms with Crippen LogP contribution < -0.4 is 0 Å². The van der Waals surface area contributed by atoms with Gasteiger partial charge in [0.15, 0.2) is 11.6 Å². The number of phenolic OH excluding ortho intramolecular Hbond substituents is 1. The highest BCUT2D eigenvalue weighted by Crippen LogP contribution is 2.35. The lowest BCUT2D eigenvalue weighted by Gasteiger charge is -2.07. The number of aromatic nitrogens is 1. The number of phenols is 1. The van der Waals surface area contributed by atoms with Crippen molar-refractivity contribution in [2.24, 2.45) is 0 Å². The second-order valence-electron chi connectivity index (χ2n) is 5.32. The minimum atomic E-state index is -0.915. The first-order valence-electron chi connectivity index (χ1n) is 6.92. The van der Waals surface area contributed by atoms with Gasteiger partial charge in [-0.15, -0.1) is 0 Å². The van der Waals surface area contributed by atoms with Crippen molar-refractivity contribution in [2.75, 3.05) is 0 Å². The van der Waals surface area contributed by atoms with Gasteiger partial charge in [-0.3, -0.25) is 14.6 Å². The first-order chi connectivity index (χ1) is 10.6. The Hall–Kier alpha value is -3.01. The van der Waals surface area contributed by atoms with Crippen LogP contribution in [-0.2, 0) is 0 Å². The van der Waals surface area contributed by atoms with Gasteiger partial charge in [0.2, 0.25) is 0 Å². The predicted octanol–water partition coefficient (Wildman–Crippen LogP) is 3.10. The second kappa shape index (κ2) is 4.49. The van der Waals surface area contributed by atoms with Crippen molar-refractivity contribution in [3.05, 3.63) is 71.4 Å². The van der Waals surface area contributed by atoms with Gasteiger partial charge in [-0.05, 0) is 30.3 Å². The molecule has 1 aliphatic carbocycles. The number of rotatable bonds is 1. The summed E-state index contributed by atoms with van der Waals surface area (Å²) < 4.78 is 0. The van der Waals surface area contributed by atoms with Crippen LogP contribution in [0.2, 0.25) is 0 Å². The molecule has 1 heterocycles. The molecular formula is C18H11NO3. The summed E-state index contributed by atoms with van der Waals surface area (Å²) >= 11 is 0. The molecule has 1 aliphatic rings. The number of hydrogen-bond donors (Lipinski definition) is 1. The molecule has 3 aromatic rings. The topological polar surface area (TPSA) is 67.3 Å². The zero-order valence-corrected chi connectivity index (χ0v) is 11.5. The summed E-state index contributed by atoms with van der Waals surface area (Å²) in [6.45, 7) is 0. The summed E-state index contributed by atoms with van der Waals surface area (Å²) in [5.41, 5.74) is 1.82. The first-order valence-corrected chi connectivity index (χ1v) is 6.92. The van der Waals surface area contributed by atoms with Gasteiger partial charge < -0.3 is 5.11 Å². The van der Waals surface area contributed by atoms with Gasteiger partial charge >= 0.3 is 0 Å². The predicted molar refractivity (Wildman–Crippen MR) is 81.3 cm³/mol. The molecule has 2 aromatic carbocycles. The Bertz CT molecular complexity index is 946. The van der Waals surface area contributed by atoms with Gasteiger partial charge in [0.1, 0.15) is 11.7 Å². The summed E-state index contributed by atoms with van der Waals surface area (Å²) in [6.07, 6.45) is 0. The number of hydrogen-bond acceptors (Lipinski definition) is 4. The zero-order valence-electron chi connectivity index (χ0n) is 11.5. The maximum Gasteiger partial charge on any atom is 0.180 e. The van der Waals surface area contributed by atoms with Crippen molar-refractivity contribution >= 4 is 22.5 Å². The van der Waals surface area contributed by atoms with Crippen molar-refractivity contribution in [2.45, 2.75) is 5.92 Å². The smallest absolute Gasteiger partial charge is 0.180 e. The van der Waals surface area contributed by atoms with Crippen LogP contribution >= 0.6 is 0 Å². The summed E-state index contributed by atoms with van der Waals surface area (Å²) in [7, 11) is 0. The highest BCUT2D eigenvalue weighted by atomic mass is 16.3. The fourth-order valence-electron chi connectivity index (χ4n) is 2.89. The lowest BCUT2D eigenvalue weighted by Crippen LogP contribution is -2.14. The van der Waals surface area contributed by atoms with E-state index in [9.17, 15) is 14.7 Å². The number of aromatic hydroxyl groups is 1. The van der Waals surface area contributed by atoms with E-state index in [1.807, 2.05) is 30.3 Å². The van der Waals surface area contributed by atoms with Crippen molar-refractivity contribution in [3.63, 3.8) is 0 Å². The minimum absolute atomic E-state index is 0.0213. The minimum Gasteiger partial charge on any atom is -0.508 e. The Morgan fingerprint density at radius 3 is 2.50 bits per heavy atom. The van der Waals surface area contributed by atoms with Gasteiger partial charge in [0, 0.05) is 16.5 Å². The van der Waals surface area contributed by atoms with Crippen LogP contribution in [0.3, 0.4) is 0 Å². The number of fused-ring (bicyclic) bond motifs is 2. The maximum absolute atomic E-state index is 12.5. The Morgan fingerprint density at radius 2 is 1.64 bits per heavy atom. The Labute approximate surface area is 126 Å². The number of pyridine rings is 1. The molecule has 4 nitrogen and oxygen atoms in total. The third-order valence-corrected chi connectivity index (χ3v) is 3.97. The van der Waals surface area contributed by atoms with Crippen LogP contribution in [0.4, 0.5) is 0 Å². The number of Topliss-reactive ketones (excluding diaryl/α,β-unsaturated/α-hetero) is 2. The van der Waals surface area contributed by atoms with Gasteiger partial charge in [-0.25, -0.2) is 0 Å². The van der Waals surface area contributed by atoms with E-state index in [0.29, 0.717) is 11.3 Å². The molecule has 0 amide bonds. The Balaban J connectivity index is 1.86. The highest BCUT2D eigenvalue weighted by Gasteiger charge is 2.40. The zero-order chi connectivity index (χ0) is 15.3. The van der Waals surface area contributed by atoms with Crippen LogP contribution in [0.15, 0.2) is 54.6 Å². The molecule has 0 bridgehead atoms. The third-order valence-electron chi connectivity index (χ3n) is 3.97. The molecule has 0 saturated heterocycles. The van der Waals surface area contributed by atoms with Crippen molar-refractivity contribution in [1.82, 2.24) is 4.98 Å². The SMILES string of the molecule is O=C1c2ccc(O)cc2C(=O)[C@@H]1c1ccc2ccccc2n1. The van der Waals surface area contributed by atoms with E-state index in [0.717, 1.165) is 10.9 Å². The quantitative estimate of drug-likeness (QED) is 0.699. The Morgan fingerprint density at radius 1 is 0.864 bits per heavy atom. The molecule has 1 N–H and O–H groups in total. The van der Waals surface area contributed by atoms with E-state index in [2.05, 4.69) is 4.98 Å². The molecule has 0 saturated carbocycles. The number of carbonyl (C=O) groups excluding carboxylic acids is 2. The first kappa shape index (κ1) is 12.7. The van der Waals surface area contributed by atoms with E-state index in [4.69, 9.17) is 0 Å². The van der Waals surface area contributed by atoms with E-state index in [1.54, 1.807) is 6.07 Å². The molecule has 4 rings (SSSR count). The van der Waals surface area contributed by atoms with E-state index in [-0.39, 0.29) is 22.9 Å². The van der Waals surface area contributed by atoms with Gasteiger partial charge in [0.05, 0.1) is 11.2 Å². The van der Waals surface area contributed by atoms with Gasteiger partial charge in [0.25, 0.3) is 0 Å². The van der Waals surface area contributed by atoms with Crippen molar-refractivity contribution in [3.8, 4) is 5.75 Å². The molecule has 22 heavy (non-hydrogen) atoms. The summed E-state index contributed by atoms with van der Waals surface area (Å²) in [4.78, 5) is 29.5. The summed E-state index contributed by atoms with van der Waals surface area (Å²) in [5, 5.41) is 10.5. The standard InChI is InChI=1S/C18H11NO3/c20-11-6-7-12-13(9-11)18(22)16(17(12)21)15-8-5-10-3-1-2-4-14(10)19-15/h1-9,16,20H/t16-/m1/s1. The normalized spacial score (nSPS) is 17.0. The summed E-state index contributed by atoms with van der Waals surface area (Å²) in [5.74, 6) is -1.50. The molecule has 0 spiro atoms. The maximum atomic E-state index is 12.5. The van der Waals surface area contributed by atoms with Crippen LogP contribution in [0.1, 0.15) is 32.3 Å². The molecular weight excluding hydrogens is 278 g/mol. The molecule has 106 valence electrons. The van der Waals surface area contributed by atoms with E-state index in [1.165, 1.54) is 18.2 Å². The number of nitrogens with zero attached hydrogens (tertiary/aromatic N) is 1. The van der Waals surface area contributed by atoms with Gasteiger partial charge in [-0.1, -0.05) is 24.3 Å². The van der Waals surface area contributed by atoms with Crippen LogP contribution in [0.25, 0.3) is 10.9 Å². The average molecular weight is 289 g/mol. The average Bonchev–Trinajstić information content (AvgIpc) is 2.78. The van der Waals surface area contributed by atoms with Crippen LogP contribution in [0, 0.1) is 0 Å². The number of benzene rings is 2. The highest BCUT2D eigenvalue weighted by molar-refractivity contribution is 6.29. The third kappa shape index (κ3) is 1.74. The number of para-hydroxylation sites is 1. The van der Waals surface area contributed by atoms with Gasteiger partial charge in [-0.2, -0.15) is 0 Å². The second-order valence-corrected chi connectivity index (χ2v) is 5.32. The summed E-state index contributed by atoms with van der Waals surface area (Å²) in [6, 6.07) is 15.4. The Kier molecular flexibility index (Phi) is 2.60. The number of ketones is 2. The fourth-order valence-corrected chi connectivity index (χ4v) is 2.89. The molecule has 0 fully saturated rings.